The molecule has 0 fully saturated rings. The number of carbonyl (C=O) groups is 1. The molecule has 0 aliphatic carbocycles. The molecule has 2 aromatic heterocycles. The molecule has 1 amide bonds. The van der Waals surface area contributed by atoms with E-state index in [1.807, 2.05) is 6.92 Å². The van der Waals surface area contributed by atoms with E-state index in [4.69, 9.17) is 0 Å². The van der Waals surface area contributed by atoms with Gasteiger partial charge in [-0.25, -0.2) is 9.37 Å². The van der Waals surface area contributed by atoms with E-state index in [0.29, 0.717) is 20.7 Å². The van der Waals surface area contributed by atoms with Gasteiger partial charge in [0.05, 0.1) is 5.69 Å². The van der Waals surface area contributed by atoms with Crippen molar-refractivity contribution >= 4 is 33.7 Å². The normalized spacial score (nSPS) is 10.7. The van der Waals surface area contributed by atoms with Crippen LogP contribution in [0.1, 0.15) is 20.4 Å². The van der Waals surface area contributed by atoms with Crippen molar-refractivity contribution < 1.29 is 9.18 Å². The van der Waals surface area contributed by atoms with Crippen molar-refractivity contribution in [2.24, 2.45) is 0 Å². The number of nitrogens with zero attached hydrogens (tertiary/aromatic N) is 3. The van der Waals surface area contributed by atoms with Crippen molar-refractivity contribution in [2.45, 2.75) is 13.8 Å². The van der Waals surface area contributed by atoms with Gasteiger partial charge in [-0.1, -0.05) is 11.3 Å². The number of thiazole rings is 1. The number of halogens is 1. The third kappa shape index (κ3) is 3.02. The number of anilines is 1. The van der Waals surface area contributed by atoms with Crippen LogP contribution in [0.4, 0.5) is 9.52 Å². The number of nitrogens with one attached hydrogen (secondary N) is 1. The summed E-state index contributed by atoms with van der Waals surface area (Å²) in [6.45, 7) is 3.59. The molecule has 0 atom stereocenters. The van der Waals surface area contributed by atoms with Gasteiger partial charge in [-0.15, -0.1) is 21.5 Å². The quantitative estimate of drug-likeness (QED) is 0.793. The number of carbonyl (C=O) groups excluding carboxylic acids is 1. The molecule has 22 heavy (non-hydrogen) atoms. The highest BCUT2D eigenvalue weighted by Gasteiger charge is 2.17. The van der Waals surface area contributed by atoms with E-state index in [9.17, 15) is 9.18 Å². The Bertz CT molecular complexity index is 826. The monoisotopic (exact) mass is 334 g/mol. The molecule has 0 spiro atoms. The number of rotatable bonds is 3. The van der Waals surface area contributed by atoms with Gasteiger partial charge in [0.1, 0.15) is 20.7 Å². The van der Waals surface area contributed by atoms with Crippen LogP contribution in [0.5, 0.6) is 0 Å². The molecular formula is C14H11FN4OS2. The lowest BCUT2D eigenvalue weighted by Crippen LogP contribution is -2.11. The molecule has 0 aliphatic rings. The third-order valence-corrected chi connectivity index (χ3v) is 4.80. The highest BCUT2D eigenvalue weighted by Crippen LogP contribution is 2.28. The molecule has 0 unspecified atom stereocenters. The fourth-order valence-electron chi connectivity index (χ4n) is 1.82. The first kappa shape index (κ1) is 14.7. The summed E-state index contributed by atoms with van der Waals surface area (Å²) < 4.78 is 13.0. The van der Waals surface area contributed by atoms with E-state index in [1.54, 1.807) is 19.1 Å². The number of benzene rings is 1. The van der Waals surface area contributed by atoms with Crippen LogP contribution in [0.2, 0.25) is 0 Å². The average Bonchev–Trinajstić information content (AvgIpc) is 3.06. The Morgan fingerprint density at radius 1 is 1.14 bits per heavy atom. The van der Waals surface area contributed by atoms with Gasteiger partial charge in [-0.2, -0.15) is 0 Å². The van der Waals surface area contributed by atoms with Crippen LogP contribution in [0, 0.1) is 19.7 Å². The van der Waals surface area contributed by atoms with Gasteiger partial charge in [-0.3, -0.25) is 10.1 Å². The molecule has 0 aliphatic heterocycles. The number of hydrogen-bond donors (Lipinski definition) is 1. The van der Waals surface area contributed by atoms with Gasteiger partial charge >= 0.3 is 0 Å². The lowest BCUT2D eigenvalue weighted by Gasteiger charge is -1.97. The predicted octanol–water partition coefficient (Wildman–Crippen LogP) is 3.67. The number of aromatic nitrogens is 3. The average molecular weight is 334 g/mol. The van der Waals surface area contributed by atoms with Crippen LogP contribution in [-0.2, 0) is 0 Å². The Labute approximate surface area is 133 Å². The second-order valence-corrected chi connectivity index (χ2v) is 6.70. The predicted molar refractivity (Wildman–Crippen MR) is 84.8 cm³/mol. The summed E-state index contributed by atoms with van der Waals surface area (Å²) in [5.41, 5.74) is 1.41. The fraction of sp³-hybridized carbons (Fsp3) is 0.143. The summed E-state index contributed by atoms with van der Waals surface area (Å²) in [4.78, 5) is 17.2. The first-order valence-electron chi connectivity index (χ1n) is 6.38. The highest BCUT2D eigenvalue weighted by molar-refractivity contribution is 7.17. The maximum Gasteiger partial charge on any atom is 0.269 e. The molecule has 3 rings (SSSR count). The summed E-state index contributed by atoms with van der Waals surface area (Å²) in [7, 11) is 0. The van der Waals surface area contributed by atoms with Gasteiger partial charge in [0.15, 0.2) is 0 Å². The lowest BCUT2D eigenvalue weighted by molar-refractivity contribution is 0.102. The van der Waals surface area contributed by atoms with Crippen LogP contribution < -0.4 is 5.32 Å². The van der Waals surface area contributed by atoms with E-state index in [1.165, 1.54) is 34.8 Å². The molecule has 3 aromatic rings. The molecule has 1 N–H and O–H groups in total. The Hall–Kier alpha value is -2.19. The van der Waals surface area contributed by atoms with Crippen molar-refractivity contribution in [3.63, 3.8) is 0 Å². The SMILES string of the molecule is Cc1nnc(NC(=O)c2sc(-c3ccc(F)cc3)nc2C)s1. The lowest BCUT2D eigenvalue weighted by atomic mass is 10.2. The first-order chi connectivity index (χ1) is 10.5. The van der Waals surface area contributed by atoms with E-state index in [-0.39, 0.29) is 11.7 Å². The van der Waals surface area contributed by atoms with Gasteiger partial charge in [0.25, 0.3) is 5.91 Å². The topological polar surface area (TPSA) is 67.8 Å². The molecule has 0 saturated heterocycles. The summed E-state index contributed by atoms with van der Waals surface area (Å²) >= 11 is 2.57. The summed E-state index contributed by atoms with van der Waals surface area (Å²) in [5.74, 6) is -0.568. The number of aryl methyl sites for hydroxylation is 2. The van der Waals surface area contributed by atoms with E-state index >= 15 is 0 Å². The zero-order chi connectivity index (χ0) is 15.7. The molecule has 5 nitrogen and oxygen atoms in total. The van der Waals surface area contributed by atoms with Crippen molar-refractivity contribution in [2.75, 3.05) is 5.32 Å². The van der Waals surface area contributed by atoms with Gasteiger partial charge in [-0.05, 0) is 38.1 Å². The van der Waals surface area contributed by atoms with Crippen LogP contribution in [0.25, 0.3) is 10.6 Å². The second kappa shape index (κ2) is 5.90. The number of amides is 1. The van der Waals surface area contributed by atoms with Gasteiger partial charge < -0.3 is 0 Å². The highest BCUT2D eigenvalue weighted by atomic mass is 32.1. The Kier molecular flexibility index (Phi) is 3.95. The molecule has 8 heteroatoms. The van der Waals surface area contributed by atoms with Gasteiger partial charge in [0.2, 0.25) is 5.13 Å². The Morgan fingerprint density at radius 3 is 2.50 bits per heavy atom. The van der Waals surface area contributed by atoms with Crippen LogP contribution in [0.3, 0.4) is 0 Å². The molecule has 2 heterocycles. The zero-order valence-electron chi connectivity index (χ0n) is 11.8. The van der Waals surface area contributed by atoms with Crippen LogP contribution in [0.15, 0.2) is 24.3 Å². The van der Waals surface area contributed by atoms with Crippen molar-refractivity contribution in [3.05, 3.63) is 45.7 Å². The maximum absolute atomic E-state index is 13.0. The summed E-state index contributed by atoms with van der Waals surface area (Å²) in [6, 6.07) is 6.03. The summed E-state index contributed by atoms with van der Waals surface area (Å²) in [5, 5.41) is 12.3. The third-order valence-electron chi connectivity index (χ3n) is 2.84. The minimum atomic E-state index is -0.304. The molecule has 0 radical (unpaired) electrons. The molecule has 112 valence electrons. The Morgan fingerprint density at radius 2 is 1.86 bits per heavy atom. The zero-order valence-corrected chi connectivity index (χ0v) is 13.4. The largest absolute Gasteiger partial charge is 0.296 e. The summed E-state index contributed by atoms with van der Waals surface area (Å²) in [6.07, 6.45) is 0. The molecular weight excluding hydrogens is 323 g/mol. The van der Waals surface area contributed by atoms with Crippen LogP contribution >= 0.6 is 22.7 Å². The minimum absolute atomic E-state index is 0.264. The maximum atomic E-state index is 13.0. The minimum Gasteiger partial charge on any atom is -0.296 e. The van der Waals surface area contributed by atoms with E-state index in [2.05, 4.69) is 20.5 Å². The Balaban J connectivity index is 1.85. The van der Waals surface area contributed by atoms with Gasteiger partial charge in [0, 0.05) is 5.56 Å². The smallest absolute Gasteiger partial charge is 0.269 e. The molecule has 0 bridgehead atoms. The van der Waals surface area contributed by atoms with E-state index < -0.39 is 0 Å². The number of hydrogen-bond acceptors (Lipinski definition) is 6. The molecule has 0 saturated carbocycles. The van der Waals surface area contributed by atoms with E-state index in [0.717, 1.165) is 10.6 Å². The standard InChI is InChI=1S/C14H11FN4OS2/c1-7-11(12(20)17-14-19-18-8(2)21-14)22-13(16-7)9-3-5-10(15)6-4-9/h3-6H,1-2H3,(H,17,19,20). The van der Waals surface area contributed by atoms with Crippen molar-refractivity contribution in [3.8, 4) is 10.6 Å². The van der Waals surface area contributed by atoms with Crippen molar-refractivity contribution in [1.29, 1.82) is 0 Å². The first-order valence-corrected chi connectivity index (χ1v) is 8.01. The van der Waals surface area contributed by atoms with Crippen molar-refractivity contribution in [1.82, 2.24) is 15.2 Å². The van der Waals surface area contributed by atoms with Crippen LogP contribution in [-0.4, -0.2) is 21.1 Å². The fourth-order valence-corrected chi connectivity index (χ4v) is 3.38. The second-order valence-electron chi connectivity index (χ2n) is 4.52. The molecule has 1 aromatic carbocycles.